The molecule has 1 aromatic heterocycles. The number of hydrazone groups is 1. The van der Waals surface area contributed by atoms with Crippen LogP contribution in [-0.2, 0) is 6.42 Å². The van der Waals surface area contributed by atoms with Crippen molar-refractivity contribution in [3.63, 3.8) is 0 Å². The number of pyridine rings is 1. The van der Waals surface area contributed by atoms with E-state index < -0.39 is 0 Å². The van der Waals surface area contributed by atoms with Crippen LogP contribution >= 0.6 is 11.6 Å². The highest BCUT2D eigenvalue weighted by Crippen LogP contribution is 2.34. The van der Waals surface area contributed by atoms with Gasteiger partial charge in [-0.05, 0) is 73.4 Å². The average Bonchev–Trinajstić information content (AvgIpc) is 2.80. The Labute approximate surface area is 196 Å². The molecule has 8 heteroatoms. The van der Waals surface area contributed by atoms with E-state index in [9.17, 15) is 9.18 Å². The van der Waals surface area contributed by atoms with Gasteiger partial charge in [-0.15, -0.1) is 0 Å². The van der Waals surface area contributed by atoms with E-state index >= 15 is 0 Å². The number of hydrogen-bond acceptors (Lipinski definition) is 5. The zero-order chi connectivity index (χ0) is 23.4. The zero-order valence-electron chi connectivity index (χ0n) is 18.1. The van der Waals surface area contributed by atoms with Crippen molar-refractivity contribution in [3.05, 3.63) is 94.0 Å². The van der Waals surface area contributed by atoms with Crippen molar-refractivity contribution < 1.29 is 9.18 Å². The van der Waals surface area contributed by atoms with Gasteiger partial charge in [0.1, 0.15) is 11.0 Å². The molecule has 4 rings (SSSR count). The minimum absolute atomic E-state index is 0.266. The molecule has 3 N–H and O–H groups in total. The van der Waals surface area contributed by atoms with Gasteiger partial charge < -0.3 is 11.1 Å². The van der Waals surface area contributed by atoms with Gasteiger partial charge >= 0.3 is 0 Å². The summed E-state index contributed by atoms with van der Waals surface area (Å²) in [7, 11) is 0. The Morgan fingerprint density at radius 1 is 1.27 bits per heavy atom. The van der Waals surface area contributed by atoms with Crippen molar-refractivity contribution in [2.75, 3.05) is 16.9 Å². The number of fused-ring (bicyclic) bond motifs is 1. The third kappa shape index (κ3) is 5.10. The highest BCUT2D eigenvalue weighted by Gasteiger charge is 2.21. The number of rotatable bonds is 6. The molecule has 3 aromatic rings. The molecule has 0 unspecified atom stereocenters. The van der Waals surface area contributed by atoms with Crippen molar-refractivity contribution in [1.82, 2.24) is 4.98 Å². The van der Waals surface area contributed by atoms with Crippen molar-refractivity contribution in [2.45, 2.75) is 19.8 Å². The second-order valence-electron chi connectivity index (χ2n) is 7.60. The lowest BCUT2D eigenvalue weighted by Gasteiger charge is -2.27. The maximum Gasteiger partial charge on any atom is 0.257 e. The molecule has 0 radical (unpaired) electrons. The molecule has 0 saturated heterocycles. The molecule has 1 aliphatic carbocycles. The molecular formula is C25H23ClFN5O. The summed E-state index contributed by atoms with van der Waals surface area (Å²) >= 11 is 5.91. The molecular weight excluding hydrogens is 441 g/mol. The lowest BCUT2D eigenvalue weighted by Crippen LogP contribution is -2.20. The van der Waals surface area contributed by atoms with Crippen molar-refractivity contribution >= 4 is 40.8 Å². The topological polar surface area (TPSA) is 83.6 Å². The van der Waals surface area contributed by atoms with Crippen molar-refractivity contribution in [3.8, 4) is 0 Å². The van der Waals surface area contributed by atoms with Crippen LogP contribution in [0.5, 0.6) is 0 Å². The Hall–Kier alpha value is -3.55. The van der Waals surface area contributed by atoms with Crippen LogP contribution in [0.1, 0.15) is 33.5 Å². The first-order valence-electron chi connectivity index (χ1n) is 10.5. The number of carbonyl (C=O) groups excluding carboxylic acids is 1. The van der Waals surface area contributed by atoms with Gasteiger partial charge in [-0.3, -0.25) is 4.79 Å². The molecule has 1 heterocycles. The van der Waals surface area contributed by atoms with Gasteiger partial charge in [0.25, 0.3) is 5.91 Å². The van der Waals surface area contributed by atoms with Crippen LogP contribution in [0.3, 0.4) is 0 Å². The molecule has 0 aliphatic heterocycles. The van der Waals surface area contributed by atoms with E-state index in [2.05, 4.69) is 21.5 Å². The number of nitrogens with two attached hydrogens (primary N) is 1. The first kappa shape index (κ1) is 22.6. The molecule has 2 aromatic carbocycles. The van der Waals surface area contributed by atoms with Gasteiger partial charge in [-0.25, -0.2) is 14.4 Å². The van der Waals surface area contributed by atoms with E-state index in [1.54, 1.807) is 29.4 Å². The smallest absolute Gasteiger partial charge is 0.257 e. The molecule has 0 bridgehead atoms. The van der Waals surface area contributed by atoms with Crippen LogP contribution in [0.2, 0.25) is 5.15 Å². The third-order valence-electron chi connectivity index (χ3n) is 5.32. The van der Waals surface area contributed by atoms with Crippen LogP contribution in [0.15, 0.2) is 65.9 Å². The largest absolute Gasteiger partial charge is 0.326 e. The van der Waals surface area contributed by atoms with Crippen LogP contribution in [0.4, 0.5) is 15.8 Å². The number of aromatic nitrogens is 1. The van der Waals surface area contributed by atoms with Crippen LogP contribution in [-0.4, -0.2) is 23.7 Å². The maximum atomic E-state index is 13.5. The molecule has 0 spiro atoms. The van der Waals surface area contributed by atoms with E-state index in [-0.39, 0.29) is 18.3 Å². The minimum atomic E-state index is -0.323. The highest BCUT2D eigenvalue weighted by molar-refractivity contribution is 6.29. The number of anilines is 2. The Kier molecular flexibility index (Phi) is 6.82. The van der Waals surface area contributed by atoms with Crippen LogP contribution in [0, 0.1) is 12.7 Å². The molecule has 1 amide bonds. The number of aryl methyl sites for hydroxylation is 2. The lowest BCUT2D eigenvalue weighted by molar-refractivity contribution is 0.102. The number of allylic oxidation sites excluding steroid dienone is 1. The highest BCUT2D eigenvalue weighted by atomic mass is 35.5. The molecule has 0 saturated carbocycles. The van der Waals surface area contributed by atoms with Crippen molar-refractivity contribution in [1.29, 1.82) is 0 Å². The Bertz CT molecular complexity index is 1240. The molecule has 6 nitrogen and oxygen atoms in total. The van der Waals surface area contributed by atoms with Gasteiger partial charge in [0.2, 0.25) is 0 Å². The second-order valence-corrected chi connectivity index (χ2v) is 7.99. The zero-order valence-corrected chi connectivity index (χ0v) is 18.8. The quantitative estimate of drug-likeness (QED) is 0.300. The van der Waals surface area contributed by atoms with Crippen molar-refractivity contribution in [2.24, 2.45) is 10.8 Å². The molecule has 168 valence electrons. The number of nitrogens with zero attached hydrogens (tertiary/aromatic N) is 3. The summed E-state index contributed by atoms with van der Waals surface area (Å²) in [6.07, 6.45) is 6.85. The van der Waals surface area contributed by atoms with E-state index in [1.807, 2.05) is 25.1 Å². The summed E-state index contributed by atoms with van der Waals surface area (Å²) in [6, 6.07) is 13.6. The number of nitrogens with one attached hydrogen (secondary N) is 1. The van der Waals surface area contributed by atoms with E-state index in [0.29, 0.717) is 22.1 Å². The number of amides is 1. The second kappa shape index (κ2) is 9.94. The first-order valence-corrected chi connectivity index (χ1v) is 10.9. The minimum Gasteiger partial charge on any atom is -0.326 e. The first-order chi connectivity index (χ1) is 16.0. The lowest BCUT2D eigenvalue weighted by atomic mass is 9.93. The monoisotopic (exact) mass is 463 g/mol. The van der Waals surface area contributed by atoms with Crippen LogP contribution < -0.4 is 16.1 Å². The summed E-state index contributed by atoms with van der Waals surface area (Å²) in [5.41, 5.74) is 11.1. The standard InChI is InChI=1S/C25H23ClFN5O/c1-16-13-24(26)29-15-22(16)25(33)31-19-8-5-17-3-2-4-23(21(17)14-19)32(30-12-11-28)20-9-6-18(27)7-10-20/h4-10,12-15H,2-3,11,28H2,1H3,(H,31,33)/b30-12+. The number of benzene rings is 2. The summed E-state index contributed by atoms with van der Waals surface area (Å²) in [4.78, 5) is 16.8. The normalized spacial score (nSPS) is 12.9. The Balaban J connectivity index is 1.68. The van der Waals surface area contributed by atoms with Gasteiger partial charge in [0.05, 0.1) is 16.9 Å². The summed E-state index contributed by atoms with van der Waals surface area (Å²) in [5.74, 6) is -0.592. The van der Waals surface area contributed by atoms with E-state index in [4.69, 9.17) is 17.3 Å². The maximum absolute atomic E-state index is 13.5. The average molecular weight is 464 g/mol. The van der Waals surface area contributed by atoms with Gasteiger partial charge in [-0.2, -0.15) is 5.10 Å². The SMILES string of the molecule is Cc1cc(Cl)ncc1C(=O)Nc1ccc2c(c1)C(N(/N=C/CN)c1ccc(F)cc1)=CCC2. The summed E-state index contributed by atoms with van der Waals surface area (Å²) < 4.78 is 13.5. The molecule has 0 atom stereocenters. The fourth-order valence-corrected chi connectivity index (χ4v) is 3.93. The Morgan fingerprint density at radius 2 is 2.06 bits per heavy atom. The third-order valence-corrected chi connectivity index (χ3v) is 5.53. The summed E-state index contributed by atoms with van der Waals surface area (Å²) in [6.45, 7) is 2.08. The predicted molar refractivity (Wildman–Crippen MR) is 131 cm³/mol. The number of carbonyl (C=O) groups is 1. The van der Waals surface area contributed by atoms with Gasteiger partial charge in [-0.1, -0.05) is 23.7 Å². The van der Waals surface area contributed by atoms with E-state index in [1.165, 1.54) is 18.3 Å². The molecule has 33 heavy (non-hydrogen) atoms. The molecule has 1 aliphatic rings. The van der Waals surface area contributed by atoms with Crippen LogP contribution in [0.25, 0.3) is 5.70 Å². The van der Waals surface area contributed by atoms with E-state index in [0.717, 1.165) is 35.2 Å². The molecule has 0 fully saturated rings. The fraction of sp³-hybridized carbons (Fsp3) is 0.160. The fourth-order valence-electron chi connectivity index (χ4n) is 3.72. The Morgan fingerprint density at radius 3 is 2.79 bits per heavy atom. The summed E-state index contributed by atoms with van der Waals surface area (Å²) in [5, 5.41) is 9.53. The predicted octanol–water partition coefficient (Wildman–Crippen LogP) is 5.17. The van der Waals surface area contributed by atoms with Gasteiger partial charge in [0.15, 0.2) is 0 Å². The number of halogens is 2. The number of hydrogen-bond donors (Lipinski definition) is 2. The van der Waals surface area contributed by atoms with Gasteiger partial charge in [0, 0.05) is 30.2 Å².